The lowest BCUT2D eigenvalue weighted by atomic mass is 10.1. The number of aliphatic imine (C=N–C) groups is 1. The molecule has 1 saturated carbocycles. The van der Waals surface area contributed by atoms with E-state index in [2.05, 4.69) is 20.9 Å². The molecule has 17 heavy (non-hydrogen) atoms. The molecule has 2 rings (SSSR count). The normalized spacial score (nSPS) is 17.7. The van der Waals surface area contributed by atoms with Gasteiger partial charge in [-0.25, -0.2) is 13.8 Å². The van der Waals surface area contributed by atoms with E-state index >= 15 is 0 Å². The maximum absolute atomic E-state index is 13.5. The second-order valence-corrected chi connectivity index (χ2v) is 5.15. The van der Waals surface area contributed by atoms with Crippen molar-refractivity contribution in [3.8, 4) is 0 Å². The fourth-order valence-corrected chi connectivity index (χ4v) is 2.49. The highest BCUT2D eigenvalue weighted by Gasteiger charge is 2.20. The van der Waals surface area contributed by atoms with Crippen molar-refractivity contribution >= 4 is 27.5 Å². The molecule has 0 atom stereocenters. The minimum absolute atomic E-state index is 0.164. The van der Waals surface area contributed by atoms with Crippen molar-refractivity contribution in [2.75, 3.05) is 0 Å². The Bertz CT molecular complexity index is 431. The summed E-state index contributed by atoms with van der Waals surface area (Å²) in [5.74, 6) is -0.893. The molecule has 2 nitrogen and oxygen atoms in total. The Balaban J connectivity index is 2.31. The van der Waals surface area contributed by atoms with Gasteiger partial charge in [-0.2, -0.15) is 0 Å². The van der Waals surface area contributed by atoms with E-state index in [1.807, 2.05) is 0 Å². The maximum Gasteiger partial charge on any atom is 0.153 e. The Labute approximate surface area is 107 Å². The summed E-state index contributed by atoms with van der Waals surface area (Å²) < 4.78 is 27.4. The van der Waals surface area contributed by atoms with Gasteiger partial charge in [-0.15, -0.1) is 0 Å². The second kappa shape index (κ2) is 5.12. The molecule has 92 valence electrons. The van der Waals surface area contributed by atoms with E-state index in [0.29, 0.717) is 10.3 Å². The second-order valence-electron chi connectivity index (χ2n) is 4.24. The average molecular weight is 303 g/mol. The monoisotopic (exact) mass is 302 g/mol. The molecule has 0 bridgehead atoms. The summed E-state index contributed by atoms with van der Waals surface area (Å²) in [6.45, 7) is 0. The Morgan fingerprint density at radius 2 is 1.76 bits per heavy atom. The van der Waals surface area contributed by atoms with Crippen LogP contribution >= 0.6 is 15.9 Å². The van der Waals surface area contributed by atoms with Gasteiger partial charge in [0, 0.05) is 10.4 Å². The van der Waals surface area contributed by atoms with Gasteiger partial charge in [-0.1, -0.05) is 28.8 Å². The van der Waals surface area contributed by atoms with Gasteiger partial charge in [0.05, 0.1) is 0 Å². The Hall–Kier alpha value is -0.970. The Kier molecular flexibility index (Phi) is 3.76. The zero-order valence-corrected chi connectivity index (χ0v) is 10.8. The maximum atomic E-state index is 13.5. The first-order valence-electron chi connectivity index (χ1n) is 5.56. The van der Waals surface area contributed by atoms with Crippen molar-refractivity contribution in [2.45, 2.75) is 25.7 Å². The molecule has 1 aliphatic rings. The molecule has 1 fully saturated rings. The van der Waals surface area contributed by atoms with Crippen molar-refractivity contribution in [3.63, 3.8) is 0 Å². The van der Waals surface area contributed by atoms with E-state index in [9.17, 15) is 8.78 Å². The molecule has 0 aromatic heterocycles. The molecule has 0 radical (unpaired) electrons. The van der Waals surface area contributed by atoms with Crippen LogP contribution in [0.15, 0.2) is 21.6 Å². The fraction of sp³-hybridized carbons (Fsp3) is 0.417. The highest BCUT2D eigenvalue weighted by atomic mass is 79.9. The largest absolute Gasteiger partial charge is 0.387 e. The summed E-state index contributed by atoms with van der Waals surface area (Å²) in [6, 6.07) is 2.37. The molecule has 0 saturated heterocycles. The quantitative estimate of drug-likeness (QED) is 0.653. The van der Waals surface area contributed by atoms with Crippen LogP contribution in [0.3, 0.4) is 0 Å². The van der Waals surface area contributed by atoms with Crippen LogP contribution < -0.4 is 5.73 Å². The van der Waals surface area contributed by atoms with Crippen LogP contribution in [0.25, 0.3) is 0 Å². The van der Waals surface area contributed by atoms with Gasteiger partial charge in [-0.3, -0.25) is 0 Å². The molecule has 0 unspecified atom stereocenters. The number of halogens is 3. The van der Waals surface area contributed by atoms with Crippen molar-refractivity contribution < 1.29 is 8.78 Å². The number of hydrogen-bond donors (Lipinski definition) is 1. The molecule has 0 aliphatic heterocycles. The van der Waals surface area contributed by atoms with Gasteiger partial charge in [0.1, 0.15) is 11.5 Å². The van der Waals surface area contributed by atoms with E-state index in [1.165, 1.54) is 12.1 Å². The Morgan fingerprint density at radius 3 is 2.29 bits per heavy atom. The van der Waals surface area contributed by atoms with E-state index in [1.54, 1.807) is 0 Å². The molecule has 5 heteroatoms. The van der Waals surface area contributed by atoms with Gasteiger partial charge < -0.3 is 5.73 Å². The number of amidine groups is 1. The molecule has 0 heterocycles. The van der Waals surface area contributed by atoms with Crippen molar-refractivity contribution in [2.24, 2.45) is 16.6 Å². The van der Waals surface area contributed by atoms with E-state index in [-0.39, 0.29) is 11.6 Å². The zero-order valence-electron chi connectivity index (χ0n) is 9.22. The van der Waals surface area contributed by atoms with Crippen LogP contribution in [0.5, 0.6) is 0 Å². The minimum atomic E-state index is -0.696. The van der Waals surface area contributed by atoms with Crippen molar-refractivity contribution in [1.29, 1.82) is 0 Å². The van der Waals surface area contributed by atoms with Crippen LogP contribution in [0.2, 0.25) is 0 Å². The lowest BCUT2D eigenvalue weighted by Crippen LogP contribution is -2.21. The van der Waals surface area contributed by atoms with Gasteiger partial charge in [-0.05, 0) is 25.0 Å². The number of hydrogen-bond acceptors (Lipinski definition) is 1. The fourth-order valence-electron chi connectivity index (χ4n) is 2.08. The third-order valence-electron chi connectivity index (χ3n) is 3.00. The summed E-state index contributed by atoms with van der Waals surface area (Å²) in [4.78, 5) is 3.90. The third-order valence-corrected chi connectivity index (χ3v) is 3.45. The summed E-state index contributed by atoms with van der Waals surface area (Å²) >= 11 is 3.02. The number of nitrogens with zero attached hydrogens (tertiary/aromatic N) is 1. The predicted octanol–water partition coefficient (Wildman–Crippen LogP) is 3.91. The first-order chi connectivity index (χ1) is 8.08. The Morgan fingerprint density at radius 1 is 1.24 bits per heavy atom. The molecule has 0 amide bonds. The standard InChI is InChI=1S/C12H13BrF2N2/c13-8-5-9(14)11(10(15)6-8)17-12(16)7-3-1-2-4-7/h5-7H,1-4H2,(H2,16,17). The van der Waals surface area contributed by atoms with Crippen LogP contribution in [0, 0.1) is 17.6 Å². The molecular weight excluding hydrogens is 290 g/mol. The highest BCUT2D eigenvalue weighted by molar-refractivity contribution is 9.10. The van der Waals surface area contributed by atoms with E-state index < -0.39 is 11.6 Å². The number of rotatable bonds is 2. The van der Waals surface area contributed by atoms with Crippen LogP contribution in [0.4, 0.5) is 14.5 Å². The summed E-state index contributed by atoms with van der Waals surface area (Å²) in [6.07, 6.45) is 4.11. The minimum Gasteiger partial charge on any atom is -0.387 e. The topological polar surface area (TPSA) is 38.4 Å². The number of nitrogens with two attached hydrogens (primary N) is 1. The lowest BCUT2D eigenvalue weighted by molar-refractivity contribution is 0.585. The first-order valence-corrected chi connectivity index (χ1v) is 6.36. The zero-order chi connectivity index (χ0) is 12.4. The molecule has 1 aromatic carbocycles. The summed E-state index contributed by atoms with van der Waals surface area (Å²) in [7, 11) is 0. The van der Waals surface area contributed by atoms with Crippen LogP contribution in [0.1, 0.15) is 25.7 Å². The van der Waals surface area contributed by atoms with Gasteiger partial charge in [0.25, 0.3) is 0 Å². The summed E-state index contributed by atoms with van der Waals surface area (Å²) in [5, 5.41) is 0. The van der Waals surface area contributed by atoms with Crippen molar-refractivity contribution in [3.05, 3.63) is 28.2 Å². The first kappa shape index (κ1) is 12.5. The molecule has 0 spiro atoms. The van der Waals surface area contributed by atoms with Crippen LogP contribution in [-0.4, -0.2) is 5.84 Å². The third kappa shape index (κ3) is 2.83. The van der Waals surface area contributed by atoms with Gasteiger partial charge >= 0.3 is 0 Å². The van der Waals surface area contributed by atoms with E-state index in [0.717, 1.165) is 25.7 Å². The highest BCUT2D eigenvalue weighted by Crippen LogP contribution is 2.29. The molecule has 1 aromatic rings. The molecular formula is C12H13BrF2N2. The average Bonchev–Trinajstić information content (AvgIpc) is 2.76. The van der Waals surface area contributed by atoms with Gasteiger partial charge in [0.2, 0.25) is 0 Å². The SMILES string of the molecule is NC(=Nc1c(F)cc(Br)cc1F)C1CCCC1. The predicted molar refractivity (Wildman–Crippen MR) is 67.3 cm³/mol. The summed E-state index contributed by atoms with van der Waals surface area (Å²) in [5.41, 5.74) is 5.50. The van der Waals surface area contributed by atoms with Gasteiger partial charge in [0.15, 0.2) is 11.6 Å². The lowest BCUT2D eigenvalue weighted by Gasteiger charge is -2.09. The number of benzene rings is 1. The molecule has 2 N–H and O–H groups in total. The smallest absolute Gasteiger partial charge is 0.153 e. The van der Waals surface area contributed by atoms with Crippen molar-refractivity contribution in [1.82, 2.24) is 0 Å². The van der Waals surface area contributed by atoms with E-state index in [4.69, 9.17) is 5.73 Å². The molecule has 1 aliphatic carbocycles. The van der Waals surface area contributed by atoms with Crippen LogP contribution in [-0.2, 0) is 0 Å².